The van der Waals surface area contributed by atoms with E-state index < -0.39 is 6.10 Å². The van der Waals surface area contributed by atoms with Crippen LogP contribution >= 0.6 is 0 Å². The van der Waals surface area contributed by atoms with Gasteiger partial charge < -0.3 is 14.2 Å². The largest absolute Gasteiger partial charge is 0.462 e. The van der Waals surface area contributed by atoms with Gasteiger partial charge in [-0.2, -0.15) is 0 Å². The van der Waals surface area contributed by atoms with Gasteiger partial charge in [0, 0.05) is 19.3 Å². The van der Waals surface area contributed by atoms with Crippen molar-refractivity contribution in [3.8, 4) is 0 Å². The predicted molar refractivity (Wildman–Crippen MR) is 298 cm³/mol. The minimum absolute atomic E-state index is 0.0933. The van der Waals surface area contributed by atoms with Crippen LogP contribution in [0.15, 0.2) is 72.9 Å². The van der Waals surface area contributed by atoms with Crippen molar-refractivity contribution in [2.24, 2.45) is 0 Å². The maximum atomic E-state index is 12.9. The molecule has 6 heteroatoms. The molecule has 0 bridgehead atoms. The number of hydrogen-bond acceptors (Lipinski definition) is 6. The number of hydrogen-bond donors (Lipinski definition) is 0. The summed E-state index contributed by atoms with van der Waals surface area (Å²) in [4.78, 5) is 38.2. The summed E-state index contributed by atoms with van der Waals surface area (Å²) in [6.07, 6.45) is 73.2. The van der Waals surface area contributed by atoms with Crippen LogP contribution in [0.25, 0.3) is 0 Å². The van der Waals surface area contributed by atoms with Crippen LogP contribution in [0.4, 0.5) is 0 Å². The van der Waals surface area contributed by atoms with E-state index in [0.29, 0.717) is 19.3 Å². The number of rotatable bonds is 53. The van der Waals surface area contributed by atoms with Crippen LogP contribution in [0.5, 0.6) is 0 Å². The topological polar surface area (TPSA) is 78.9 Å². The Balaban J connectivity index is 4.46. The van der Waals surface area contributed by atoms with Crippen LogP contribution in [-0.2, 0) is 28.6 Å². The average molecular weight is 964 g/mol. The van der Waals surface area contributed by atoms with Gasteiger partial charge in [0.05, 0.1) is 0 Å². The molecular weight excluding hydrogens is 853 g/mol. The van der Waals surface area contributed by atoms with Gasteiger partial charge in [-0.1, -0.05) is 254 Å². The first-order chi connectivity index (χ1) is 34.0. The van der Waals surface area contributed by atoms with Gasteiger partial charge in [0.2, 0.25) is 0 Å². The van der Waals surface area contributed by atoms with Crippen molar-refractivity contribution < 1.29 is 28.6 Å². The van der Waals surface area contributed by atoms with Crippen LogP contribution in [0.3, 0.4) is 0 Å². The van der Waals surface area contributed by atoms with E-state index in [1.807, 2.05) is 0 Å². The first kappa shape index (κ1) is 65.8. The molecule has 0 aromatic carbocycles. The van der Waals surface area contributed by atoms with Crippen LogP contribution in [0.1, 0.15) is 290 Å². The smallest absolute Gasteiger partial charge is 0.306 e. The normalized spacial score (nSPS) is 12.6. The number of unbranched alkanes of at least 4 members (excludes halogenated alkanes) is 30. The maximum absolute atomic E-state index is 12.9. The van der Waals surface area contributed by atoms with Crippen LogP contribution < -0.4 is 0 Å². The van der Waals surface area contributed by atoms with Crippen molar-refractivity contribution in [3.63, 3.8) is 0 Å². The molecule has 0 radical (unpaired) electrons. The van der Waals surface area contributed by atoms with E-state index in [2.05, 4.69) is 93.7 Å². The second-order valence-electron chi connectivity index (χ2n) is 19.6. The van der Waals surface area contributed by atoms with E-state index in [1.165, 1.54) is 167 Å². The first-order valence-electron chi connectivity index (χ1n) is 29.4. The Hall–Kier alpha value is -3.15. The molecule has 0 unspecified atom stereocenters. The highest BCUT2D eigenvalue weighted by molar-refractivity contribution is 5.71. The molecule has 0 amide bonds. The van der Waals surface area contributed by atoms with Crippen molar-refractivity contribution in [2.45, 2.75) is 297 Å². The molecule has 0 heterocycles. The number of esters is 3. The minimum Gasteiger partial charge on any atom is -0.462 e. The van der Waals surface area contributed by atoms with Gasteiger partial charge in [0.1, 0.15) is 13.2 Å². The lowest BCUT2D eigenvalue weighted by atomic mass is 10.0. The molecule has 0 aromatic heterocycles. The number of allylic oxidation sites excluding steroid dienone is 12. The van der Waals surface area contributed by atoms with E-state index in [-0.39, 0.29) is 37.5 Å². The molecule has 0 N–H and O–H groups in total. The third-order valence-electron chi connectivity index (χ3n) is 12.7. The fourth-order valence-electron chi connectivity index (χ4n) is 8.23. The van der Waals surface area contributed by atoms with Crippen molar-refractivity contribution in [2.75, 3.05) is 13.2 Å². The van der Waals surface area contributed by atoms with Gasteiger partial charge in [-0.15, -0.1) is 0 Å². The fraction of sp³-hybridized carbons (Fsp3) is 0.762. The van der Waals surface area contributed by atoms with Crippen molar-refractivity contribution >= 4 is 17.9 Å². The second-order valence-corrected chi connectivity index (χ2v) is 19.6. The Kier molecular flexibility index (Phi) is 54.8. The maximum Gasteiger partial charge on any atom is 0.306 e. The Morgan fingerprint density at radius 2 is 0.536 bits per heavy atom. The molecule has 1 atom stereocenters. The zero-order chi connectivity index (χ0) is 50.0. The SMILES string of the molecule is CCCCC/C=C/C/C=C/C/C=C/C/C=C/CCCC(=O)OC[C@@H](COC(=O)CCCCCCCCCCCCCCCCCCC)OC(=O)CCCCCCCCC/C=C/C/C=C/CCCCC. The van der Waals surface area contributed by atoms with Gasteiger partial charge in [-0.05, 0) is 89.9 Å². The van der Waals surface area contributed by atoms with Gasteiger partial charge >= 0.3 is 17.9 Å². The molecule has 0 aliphatic heterocycles. The molecule has 0 aliphatic rings. The fourth-order valence-corrected chi connectivity index (χ4v) is 8.23. The molecule has 6 nitrogen and oxygen atoms in total. The second kappa shape index (κ2) is 57.4. The van der Waals surface area contributed by atoms with Crippen molar-refractivity contribution in [3.05, 3.63) is 72.9 Å². The summed E-state index contributed by atoms with van der Waals surface area (Å²) in [6, 6.07) is 0. The van der Waals surface area contributed by atoms with E-state index in [9.17, 15) is 14.4 Å². The Bertz CT molecular complexity index is 1290. The third-order valence-corrected chi connectivity index (χ3v) is 12.7. The molecule has 0 saturated heterocycles. The highest BCUT2D eigenvalue weighted by atomic mass is 16.6. The highest BCUT2D eigenvalue weighted by Gasteiger charge is 2.19. The summed E-state index contributed by atoms with van der Waals surface area (Å²) in [5, 5.41) is 0. The molecule has 0 spiro atoms. The Morgan fingerprint density at radius 1 is 0.290 bits per heavy atom. The van der Waals surface area contributed by atoms with Crippen LogP contribution in [0, 0.1) is 0 Å². The number of ether oxygens (including phenoxy) is 3. The predicted octanol–water partition coefficient (Wildman–Crippen LogP) is 19.8. The molecule has 0 rings (SSSR count). The third kappa shape index (κ3) is 55.6. The molecule has 0 aromatic rings. The average Bonchev–Trinajstić information content (AvgIpc) is 3.35. The molecular formula is C63H110O6. The quantitative estimate of drug-likeness (QED) is 0.0262. The van der Waals surface area contributed by atoms with Crippen LogP contribution in [-0.4, -0.2) is 37.2 Å². The lowest BCUT2D eigenvalue weighted by Gasteiger charge is -2.18. The van der Waals surface area contributed by atoms with Gasteiger partial charge in [-0.3, -0.25) is 14.4 Å². The molecule has 0 aliphatic carbocycles. The van der Waals surface area contributed by atoms with Gasteiger partial charge in [-0.25, -0.2) is 0 Å². The van der Waals surface area contributed by atoms with E-state index in [4.69, 9.17) is 14.2 Å². The van der Waals surface area contributed by atoms with Gasteiger partial charge in [0.25, 0.3) is 0 Å². The van der Waals surface area contributed by atoms with Gasteiger partial charge in [0.15, 0.2) is 6.10 Å². The van der Waals surface area contributed by atoms with Crippen LogP contribution in [0.2, 0.25) is 0 Å². The molecule has 69 heavy (non-hydrogen) atoms. The summed E-state index contributed by atoms with van der Waals surface area (Å²) < 4.78 is 16.8. The summed E-state index contributed by atoms with van der Waals surface area (Å²) >= 11 is 0. The summed E-state index contributed by atoms with van der Waals surface area (Å²) in [6.45, 7) is 6.56. The lowest BCUT2D eigenvalue weighted by molar-refractivity contribution is -0.167. The standard InChI is InChI=1S/C63H110O6/c1-4-7-10-13-16-19-22-25-28-31-34-37-40-43-46-49-52-55-61(64)67-58-60(69-63(66)57-54-51-48-45-42-39-36-33-30-27-24-21-18-15-12-9-6-3)59-68-62(65)56-53-50-47-44-41-38-35-32-29-26-23-20-17-14-11-8-5-2/h16,18-19,21,25,27-28,30,34,37,43,46,60H,4-15,17,20,22-24,26,29,31-33,35-36,38-42,44-45,47-59H2,1-3H3/b19-16+,21-18+,28-25+,30-27+,37-34+,46-43+/t60-/m0/s1. The van der Waals surface area contributed by atoms with Crippen molar-refractivity contribution in [1.82, 2.24) is 0 Å². The number of carbonyl (C=O) groups is 3. The van der Waals surface area contributed by atoms with Crippen molar-refractivity contribution in [1.29, 1.82) is 0 Å². The van der Waals surface area contributed by atoms with E-state index in [0.717, 1.165) is 77.0 Å². The summed E-state index contributed by atoms with van der Waals surface area (Å²) in [5.74, 6) is -0.949. The monoisotopic (exact) mass is 963 g/mol. The zero-order valence-electron chi connectivity index (χ0n) is 45.6. The van der Waals surface area contributed by atoms with E-state index in [1.54, 1.807) is 0 Å². The summed E-state index contributed by atoms with van der Waals surface area (Å²) in [5.41, 5.74) is 0. The molecule has 0 saturated carbocycles. The molecule has 0 fully saturated rings. The highest BCUT2D eigenvalue weighted by Crippen LogP contribution is 2.16. The summed E-state index contributed by atoms with van der Waals surface area (Å²) in [7, 11) is 0. The minimum atomic E-state index is -0.801. The molecule has 398 valence electrons. The van der Waals surface area contributed by atoms with E-state index >= 15 is 0 Å². The lowest BCUT2D eigenvalue weighted by Crippen LogP contribution is -2.30. The first-order valence-corrected chi connectivity index (χ1v) is 29.4. The number of carbonyl (C=O) groups excluding carboxylic acids is 3. The Labute approximate surface area is 427 Å². The zero-order valence-corrected chi connectivity index (χ0v) is 45.6. The Morgan fingerprint density at radius 3 is 0.899 bits per heavy atom.